The molecular formula is C5H9N3O2. The molecule has 0 aliphatic rings. The fourth-order valence-corrected chi connectivity index (χ4v) is 0.294. The molecule has 10 heavy (non-hydrogen) atoms. The van der Waals surface area contributed by atoms with Gasteiger partial charge in [-0.05, 0) is 6.20 Å². The van der Waals surface area contributed by atoms with E-state index in [0.29, 0.717) is 0 Å². The molecule has 0 radical (unpaired) electrons. The van der Waals surface area contributed by atoms with Gasteiger partial charge in [-0.2, -0.15) is 0 Å². The average molecular weight is 143 g/mol. The maximum atomic E-state index is 10.5. The lowest BCUT2D eigenvalue weighted by molar-refractivity contribution is 0.230. The lowest BCUT2D eigenvalue weighted by atomic mass is 10.8. The van der Waals surface area contributed by atoms with Crippen LogP contribution in [0.3, 0.4) is 0 Å². The Morgan fingerprint density at radius 1 is 1.40 bits per heavy atom. The van der Waals surface area contributed by atoms with Gasteiger partial charge in [0, 0.05) is 7.05 Å². The first-order valence-electron chi connectivity index (χ1n) is 2.61. The second-order valence-electron chi connectivity index (χ2n) is 1.38. The van der Waals surface area contributed by atoms with E-state index in [1.54, 1.807) is 0 Å². The number of hydrogen-bond acceptors (Lipinski definition) is 2. The highest BCUT2D eigenvalue weighted by atomic mass is 16.2. The molecule has 0 aromatic heterocycles. The summed E-state index contributed by atoms with van der Waals surface area (Å²) in [5, 5.41) is 6.33. The summed E-state index contributed by atoms with van der Waals surface area (Å²) in [6.45, 7) is 3.23. The molecule has 4 amide bonds. The van der Waals surface area contributed by atoms with E-state index in [2.05, 4.69) is 17.2 Å². The van der Waals surface area contributed by atoms with Crippen LogP contribution in [0.5, 0.6) is 0 Å². The topological polar surface area (TPSA) is 70.2 Å². The number of rotatable bonds is 1. The number of urea groups is 2. The van der Waals surface area contributed by atoms with Gasteiger partial charge in [-0.3, -0.25) is 5.32 Å². The van der Waals surface area contributed by atoms with E-state index in [9.17, 15) is 9.59 Å². The third-order valence-electron chi connectivity index (χ3n) is 0.687. The van der Waals surface area contributed by atoms with Crippen molar-refractivity contribution >= 4 is 12.1 Å². The summed E-state index contributed by atoms with van der Waals surface area (Å²) in [6, 6.07) is -1.16. The van der Waals surface area contributed by atoms with Gasteiger partial charge in [-0.1, -0.05) is 6.58 Å². The van der Waals surface area contributed by atoms with E-state index >= 15 is 0 Å². The molecule has 0 aromatic rings. The number of carbonyl (C=O) groups excluding carboxylic acids is 2. The molecule has 56 valence electrons. The first-order valence-corrected chi connectivity index (χ1v) is 2.61. The van der Waals surface area contributed by atoms with E-state index in [0.717, 1.165) is 0 Å². The Bertz CT molecular complexity index is 155. The summed E-state index contributed by atoms with van der Waals surface area (Å²) < 4.78 is 0. The summed E-state index contributed by atoms with van der Waals surface area (Å²) in [5.74, 6) is 0. The molecule has 0 saturated carbocycles. The molecule has 5 nitrogen and oxygen atoms in total. The minimum Gasteiger partial charge on any atom is -0.341 e. The largest absolute Gasteiger partial charge is 0.341 e. The van der Waals surface area contributed by atoms with Gasteiger partial charge in [0.25, 0.3) is 0 Å². The van der Waals surface area contributed by atoms with Crippen molar-refractivity contribution in [3.63, 3.8) is 0 Å². The molecule has 0 unspecified atom stereocenters. The molecule has 0 aliphatic heterocycles. The predicted octanol–water partition coefficient (Wildman–Crippen LogP) is -0.232. The number of hydrogen-bond donors (Lipinski definition) is 3. The molecule has 0 heterocycles. The molecule has 0 atom stereocenters. The summed E-state index contributed by atoms with van der Waals surface area (Å²) in [6.07, 6.45) is 1.18. The maximum Gasteiger partial charge on any atom is 0.326 e. The summed E-state index contributed by atoms with van der Waals surface area (Å²) in [5.41, 5.74) is 0. The molecule has 3 N–H and O–H groups in total. The number of amides is 4. The van der Waals surface area contributed by atoms with Crippen molar-refractivity contribution in [2.75, 3.05) is 7.05 Å². The van der Waals surface area contributed by atoms with Crippen molar-refractivity contribution in [1.29, 1.82) is 0 Å². The zero-order valence-corrected chi connectivity index (χ0v) is 5.60. The quantitative estimate of drug-likeness (QED) is 0.474. The lowest BCUT2D eigenvalue weighted by Crippen LogP contribution is -2.41. The Hall–Kier alpha value is -1.52. The van der Waals surface area contributed by atoms with E-state index in [4.69, 9.17) is 0 Å². The molecular weight excluding hydrogens is 134 g/mol. The van der Waals surface area contributed by atoms with Crippen LogP contribution in [0, 0.1) is 0 Å². The SMILES string of the molecule is C=CNC(=O)NC(=O)NC. The van der Waals surface area contributed by atoms with Gasteiger partial charge in [0.1, 0.15) is 0 Å². The molecule has 0 spiro atoms. The summed E-state index contributed by atoms with van der Waals surface area (Å²) in [4.78, 5) is 20.8. The fourth-order valence-electron chi connectivity index (χ4n) is 0.294. The molecule has 0 saturated heterocycles. The third-order valence-corrected chi connectivity index (χ3v) is 0.687. The zero-order chi connectivity index (χ0) is 7.98. The minimum absolute atomic E-state index is 0.556. The van der Waals surface area contributed by atoms with E-state index in [1.165, 1.54) is 13.2 Å². The monoisotopic (exact) mass is 143 g/mol. The van der Waals surface area contributed by atoms with Gasteiger partial charge in [0.05, 0.1) is 0 Å². The van der Waals surface area contributed by atoms with Crippen molar-refractivity contribution in [1.82, 2.24) is 16.0 Å². The van der Waals surface area contributed by atoms with Crippen molar-refractivity contribution in [3.05, 3.63) is 12.8 Å². The number of imide groups is 1. The highest BCUT2D eigenvalue weighted by Gasteiger charge is 2.00. The minimum atomic E-state index is -0.602. The van der Waals surface area contributed by atoms with Gasteiger partial charge in [-0.15, -0.1) is 0 Å². The smallest absolute Gasteiger partial charge is 0.326 e. The highest BCUT2D eigenvalue weighted by Crippen LogP contribution is 1.64. The Labute approximate surface area is 58.5 Å². The summed E-state index contributed by atoms with van der Waals surface area (Å²) in [7, 11) is 1.41. The van der Waals surface area contributed by atoms with Gasteiger partial charge in [0.2, 0.25) is 0 Å². The first-order chi connectivity index (χ1) is 4.70. The molecule has 0 aliphatic carbocycles. The van der Waals surface area contributed by atoms with Crippen LogP contribution in [0.4, 0.5) is 9.59 Å². The van der Waals surface area contributed by atoms with Crippen molar-refractivity contribution in [2.45, 2.75) is 0 Å². The molecule has 0 rings (SSSR count). The Kier molecular flexibility index (Phi) is 3.70. The number of nitrogens with one attached hydrogen (secondary N) is 3. The Morgan fingerprint density at radius 3 is 2.40 bits per heavy atom. The highest BCUT2D eigenvalue weighted by molar-refractivity contribution is 5.93. The third kappa shape index (κ3) is 3.48. The lowest BCUT2D eigenvalue weighted by Gasteiger charge is -2.00. The number of carbonyl (C=O) groups is 2. The Morgan fingerprint density at radius 2 is 2.00 bits per heavy atom. The molecule has 0 aromatic carbocycles. The fraction of sp³-hybridized carbons (Fsp3) is 0.200. The van der Waals surface area contributed by atoms with Crippen LogP contribution in [0.1, 0.15) is 0 Å². The normalized spacial score (nSPS) is 7.70. The van der Waals surface area contributed by atoms with Crippen LogP contribution in [0.25, 0.3) is 0 Å². The van der Waals surface area contributed by atoms with Crippen molar-refractivity contribution in [3.8, 4) is 0 Å². The van der Waals surface area contributed by atoms with Gasteiger partial charge < -0.3 is 10.6 Å². The van der Waals surface area contributed by atoms with Crippen LogP contribution in [-0.4, -0.2) is 19.1 Å². The second kappa shape index (κ2) is 4.37. The second-order valence-corrected chi connectivity index (χ2v) is 1.38. The standard InChI is InChI=1S/C5H9N3O2/c1-3-7-5(10)8-4(9)6-2/h3H,1H2,2H3,(H3,6,7,8,9,10). The van der Waals surface area contributed by atoms with Gasteiger partial charge >= 0.3 is 12.1 Å². The molecule has 0 bridgehead atoms. The van der Waals surface area contributed by atoms with E-state index in [-0.39, 0.29) is 0 Å². The average Bonchev–Trinajstić information content (AvgIpc) is 1.88. The van der Waals surface area contributed by atoms with E-state index < -0.39 is 12.1 Å². The van der Waals surface area contributed by atoms with Crippen LogP contribution >= 0.6 is 0 Å². The predicted molar refractivity (Wildman–Crippen MR) is 36.3 cm³/mol. The summed E-state index contributed by atoms with van der Waals surface area (Å²) >= 11 is 0. The van der Waals surface area contributed by atoms with Crippen LogP contribution in [0.2, 0.25) is 0 Å². The molecule has 5 heteroatoms. The Balaban J connectivity index is 3.57. The van der Waals surface area contributed by atoms with Crippen LogP contribution in [-0.2, 0) is 0 Å². The van der Waals surface area contributed by atoms with E-state index in [1.807, 2.05) is 5.32 Å². The first kappa shape index (κ1) is 8.48. The molecule has 0 fully saturated rings. The van der Waals surface area contributed by atoms with Gasteiger partial charge in [-0.25, -0.2) is 9.59 Å². The van der Waals surface area contributed by atoms with Crippen LogP contribution in [0.15, 0.2) is 12.8 Å². The van der Waals surface area contributed by atoms with Crippen molar-refractivity contribution in [2.24, 2.45) is 0 Å². The van der Waals surface area contributed by atoms with Crippen LogP contribution < -0.4 is 16.0 Å². The van der Waals surface area contributed by atoms with Gasteiger partial charge in [0.15, 0.2) is 0 Å². The maximum absolute atomic E-state index is 10.5. The zero-order valence-electron chi connectivity index (χ0n) is 5.60. The van der Waals surface area contributed by atoms with Crippen molar-refractivity contribution < 1.29 is 9.59 Å².